The van der Waals surface area contributed by atoms with E-state index in [2.05, 4.69) is 0 Å². The third-order valence-electron chi connectivity index (χ3n) is 4.38. The van der Waals surface area contributed by atoms with Gasteiger partial charge >= 0.3 is 0 Å². The Kier molecular flexibility index (Phi) is 4.05. The largest absolute Gasteiger partial charge is 0.497 e. The topological polar surface area (TPSA) is 49.9 Å². The standard InChI is InChI=1S/C19H14N2O3S2/c1-20-14-6-4-3-5-13(14)15(17(20)22)16-18(23)21(19(25)26-16)11-7-9-12(24-2)10-8-11/h3-10H,1-2H3. The molecule has 0 bridgehead atoms. The van der Waals surface area contributed by atoms with Gasteiger partial charge in [-0.05, 0) is 30.3 Å². The van der Waals surface area contributed by atoms with Crippen LogP contribution in [0.2, 0.25) is 0 Å². The smallest absolute Gasteiger partial charge is 0.271 e. The van der Waals surface area contributed by atoms with Gasteiger partial charge in [-0.1, -0.05) is 42.2 Å². The van der Waals surface area contributed by atoms with Crippen molar-refractivity contribution in [3.8, 4) is 5.75 Å². The van der Waals surface area contributed by atoms with E-state index in [1.807, 2.05) is 24.3 Å². The Bertz CT molecular complexity index is 983. The van der Waals surface area contributed by atoms with E-state index in [1.54, 1.807) is 43.3 Å². The fourth-order valence-corrected chi connectivity index (χ4v) is 4.43. The number of thioether (sulfide) groups is 1. The van der Waals surface area contributed by atoms with Crippen LogP contribution in [-0.4, -0.2) is 30.3 Å². The molecule has 0 radical (unpaired) electrons. The number of ether oxygens (including phenoxy) is 1. The van der Waals surface area contributed by atoms with E-state index in [4.69, 9.17) is 17.0 Å². The second-order valence-corrected chi connectivity index (χ2v) is 7.44. The van der Waals surface area contributed by atoms with Gasteiger partial charge in [-0.3, -0.25) is 14.5 Å². The highest BCUT2D eigenvalue weighted by molar-refractivity contribution is 8.27. The van der Waals surface area contributed by atoms with Gasteiger partial charge in [0.25, 0.3) is 11.8 Å². The van der Waals surface area contributed by atoms with Gasteiger partial charge in [0.15, 0.2) is 4.32 Å². The highest BCUT2D eigenvalue weighted by atomic mass is 32.2. The molecule has 2 amide bonds. The number of amides is 2. The predicted molar refractivity (Wildman–Crippen MR) is 107 cm³/mol. The number of benzene rings is 2. The van der Waals surface area contributed by atoms with Crippen molar-refractivity contribution in [3.05, 3.63) is 59.0 Å². The van der Waals surface area contributed by atoms with Crippen LogP contribution in [0.4, 0.5) is 11.4 Å². The number of thiocarbonyl (C=S) groups is 1. The van der Waals surface area contributed by atoms with Crippen molar-refractivity contribution in [2.45, 2.75) is 0 Å². The third kappa shape index (κ3) is 2.43. The summed E-state index contributed by atoms with van der Waals surface area (Å²) in [5.41, 5.74) is 2.62. The summed E-state index contributed by atoms with van der Waals surface area (Å²) >= 11 is 6.58. The predicted octanol–water partition coefficient (Wildman–Crippen LogP) is 3.45. The number of rotatable bonds is 2. The summed E-state index contributed by atoms with van der Waals surface area (Å²) in [5.74, 6) is 0.221. The molecule has 0 aromatic heterocycles. The maximum absolute atomic E-state index is 13.1. The van der Waals surface area contributed by atoms with Crippen molar-refractivity contribution in [1.29, 1.82) is 0 Å². The van der Waals surface area contributed by atoms with Gasteiger partial charge in [-0.2, -0.15) is 0 Å². The Morgan fingerprint density at radius 1 is 1.00 bits per heavy atom. The number of methoxy groups -OCH3 is 1. The van der Waals surface area contributed by atoms with Crippen LogP contribution in [0.3, 0.4) is 0 Å². The molecule has 4 rings (SSSR count). The Hall–Kier alpha value is -2.64. The SMILES string of the molecule is COc1ccc(N2C(=O)C(=C3C(=O)N(C)c4ccccc43)SC2=S)cc1. The van der Waals surface area contributed by atoms with Crippen molar-refractivity contribution in [2.75, 3.05) is 24.0 Å². The summed E-state index contributed by atoms with van der Waals surface area (Å²) in [7, 11) is 3.29. The first kappa shape index (κ1) is 16.8. The second kappa shape index (κ2) is 6.26. The lowest BCUT2D eigenvalue weighted by Crippen LogP contribution is -2.28. The van der Waals surface area contributed by atoms with E-state index < -0.39 is 0 Å². The van der Waals surface area contributed by atoms with Crippen molar-refractivity contribution in [3.63, 3.8) is 0 Å². The molecule has 5 nitrogen and oxygen atoms in total. The molecule has 0 atom stereocenters. The molecule has 0 N–H and O–H groups in total. The van der Waals surface area contributed by atoms with E-state index in [9.17, 15) is 9.59 Å². The Morgan fingerprint density at radius 3 is 2.38 bits per heavy atom. The van der Waals surface area contributed by atoms with Gasteiger partial charge in [0.05, 0.1) is 29.0 Å². The Morgan fingerprint density at radius 2 is 1.69 bits per heavy atom. The lowest BCUT2D eigenvalue weighted by molar-refractivity contribution is -0.115. The number of likely N-dealkylation sites (N-methyl/N-ethyl adjacent to an activating group) is 1. The highest BCUT2D eigenvalue weighted by Gasteiger charge is 2.41. The number of hydrogen-bond donors (Lipinski definition) is 0. The van der Waals surface area contributed by atoms with Crippen LogP contribution >= 0.6 is 24.0 Å². The summed E-state index contributed by atoms with van der Waals surface area (Å²) in [5, 5.41) is 0. The van der Waals surface area contributed by atoms with Gasteiger partial charge in [0.2, 0.25) is 0 Å². The number of para-hydroxylation sites is 1. The molecule has 1 fully saturated rings. The highest BCUT2D eigenvalue weighted by Crippen LogP contribution is 2.45. The maximum atomic E-state index is 13.1. The fourth-order valence-electron chi connectivity index (χ4n) is 3.06. The van der Waals surface area contributed by atoms with Crippen LogP contribution in [0.15, 0.2) is 53.4 Å². The van der Waals surface area contributed by atoms with Crippen molar-refractivity contribution in [2.24, 2.45) is 0 Å². The quantitative estimate of drug-likeness (QED) is 0.588. The summed E-state index contributed by atoms with van der Waals surface area (Å²) in [6.07, 6.45) is 0. The normalized spacial score (nSPS) is 19.4. The minimum atomic E-state index is -0.279. The Labute approximate surface area is 160 Å². The molecule has 26 heavy (non-hydrogen) atoms. The number of hydrogen-bond acceptors (Lipinski definition) is 5. The number of fused-ring (bicyclic) bond motifs is 1. The zero-order valence-corrected chi connectivity index (χ0v) is 15.7. The summed E-state index contributed by atoms with van der Waals surface area (Å²) in [4.78, 5) is 29.2. The molecular formula is C19H14N2O3S2. The summed E-state index contributed by atoms with van der Waals surface area (Å²) in [6, 6.07) is 14.5. The summed E-state index contributed by atoms with van der Waals surface area (Å²) in [6.45, 7) is 0. The Balaban J connectivity index is 1.80. The van der Waals surface area contributed by atoms with E-state index in [1.165, 1.54) is 4.90 Å². The molecule has 2 heterocycles. The van der Waals surface area contributed by atoms with Crippen LogP contribution < -0.4 is 14.5 Å². The molecule has 0 unspecified atom stereocenters. The minimum absolute atomic E-state index is 0.193. The average Bonchev–Trinajstić information content (AvgIpc) is 3.09. The third-order valence-corrected chi connectivity index (χ3v) is 5.75. The molecule has 130 valence electrons. The average molecular weight is 382 g/mol. The molecule has 0 spiro atoms. The molecule has 7 heteroatoms. The molecule has 2 aromatic rings. The molecule has 0 saturated carbocycles. The van der Waals surface area contributed by atoms with Crippen LogP contribution in [0.1, 0.15) is 5.56 Å². The van der Waals surface area contributed by atoms with Crippen LogP contribution in [0, 0.1) is 0 Å². The van der Waals surface area contributed by atoms with E-state index in [0.717, 1.165) is 23.0 Å². The fraction of sp³-hybridized carbons (Fsp3) is 0.105. The van der Waals surface area contributed by atoms with Crippen molar-refractivity contribution in [1.82, 2.24) is 0 Å². The first-order chi connectivity index (χ1) is 12.5. The van der Waals surface area contributed by atoms with Crippen molar-refractivity contribution < 1.29 is 14.3 Å². The van der Waals surface area contributed by atoms with E-state index in [-0.39, 0.29) is 11.8 Å². The molecule has 2 aliphatic heterocycles. The number of nitrogens with zero attached hydrogens (tertiary/aromatic N) is 2. The first-order valence-electron chi connectivity index (χ1n) is 7.85. The van der Waals surface area contributed by atoms with E-state index >= 15 is 0 Å². The zero-order valence-electron chi connectivity index (χ0n) is 14.1. The van der Waals surface area contributed by atoms with Gasteiger partial charge in [-0.25, -0.2) is 0 Å². The minimum Gasteiger partial charge on any atom is -0.497 e. The monoisotopic (exact) mass is 382 g/mol. The van der Waals surface area contributed by atoms with Gasteiger partial charge in [0.1, 0.15) is 5.75 Å². The van der Waals surface area contributed by atoms with Crippen molar-refractivity contribution >= 4 is 57.1 Å². The van der Waals surface area contributed by atoms with E-state index in [0.29, 0.717) is 26.2 Å². The number of carbonyl (C=O) groups excluding carboxylic acids is 2. The van der Waals surface area contributed by atoms with Crippen LogP contribution in [-0.2, 0) is 9.59 Å². The lowest BCUT2D eigenvalue weighted by Gasteiger charge is -2.15. The lowest BCUT2D eigenvalue weighted by atomic mass is 10.1. The number of carbonyl (C=O) groups is 2. The zero-order chi connectivity index (χ0) is 18.4. The molecule has 2 aliphatic rings. The summed E-state index contributed by atoms with van der Waals surface area (Å²) < 4.78 is 5.56. The second-order valence-electron chi connectivity index (χ2n) is 5.79. The molecule has 1 saturated heterocycles. The molecule has 0 aliphatic carbocycles. The van der Waals surface area contributed by atoms with Gasteiger partial charge in [-0.15, -0.1) is 0 Å². The van der Waals surface area contributed by atoms with Crippen LogP contribution in [0.5, 0.6) is 5.75 Å². The van der Waals surface area contributed by atoms with Gasteiger partial charge in [0, 0.05) is 12.6 Å². The molecular weight excluding hydrogens is 368 g/mol. The van der Waals surface area contributed by atoms with Gasteiger partial charge < -0.3 is 9.64 Å². The number of anilines is 2. The molecule has 2 aromatic carbocycles. The first-order valence-corrected chi connectivity index (χ1v) is 9.07. The maximum Gasteiger partial charge on any atom is 0.271 e. The van der Waals surface area contributed by atoms with Crippen LogP contribution in [0.25, 0.3) is 5.57 Å².